The van der Waals surface area contributed by atoms with Crippen molar-refractivity contribution in [1.82, 2.24) is 0 Å². The van der Waals surface area contributed by atoms with Gasteiger partial charge in [0.1, 0.15) is 11.5 Å². The Morgan fingerprint density at radius 1 is 0.703 bits per heavy atom. The maximum atomic E-state index is 12.8. The van der Waals surface area contributed by atoms with Gasteiger partial charge >= 0.3 is 5.97 Å². The summed E-state index contributed by atoms with van der Waals surface area (Å²) in [5.41, 5.74) is 0.0604. The Kier molecular flexibility index (Phi) is 9.50. The molecule has 3 rings (SSSR count). The van der Waals surface area contributed by atoms with Gasteiger partial charge in [-0.15, -0.1) is 0 Å². The van der Waals surface area contributed by atoms with E-state index in [2.05, 4.69) is 10.6 Å². The van der Waals surface area contributed by atoms with Gasteiger partial charge < -0.3 is 25.2 Å². The van der Waals surface area contributed by atoms with Crippen LogP contribution in [0.2, 0.25) is 20.1 Å². The van der Waals surface area contributed by atoms with Crippen molar-refractivity contribution in [2.45, 2.75) is 26.1 Å². The molecule has 37 heavy (non-hydrogen) atoms. The lowest BCUT2D eigenvalue weighted by atomic mass is 10.1. The zero-order valence-corrected chi connectivity index (χ0v) is 22.4. The first-order chi connectivity index (χ1) is 17.4. The summed E-state index contributed by atoms with van der Waals surface area (Å²) in [6.07, 6.45) is -2.04. The predicted octanol–water partition coefficient (Wildman–Crippen LogP) is 6.81. The van der Waals surface area contributed by atoms with Crippen molar-refractivity contribution in [2.24, 2.45) is 0 Å². The van der Waals surface area contributed by atoms with Gasteiger partial charge in [0.15, 0.2) is 12.2 Å². The van der Waals surface area contributed by atoms with Gasteiger partial charge in [-0.25, -0.2) is 4.79 Å². The van der Waals surface area contributed by atoms with E-state index in [4.69, 9.17) is 55.9 Å². The molecule has 3 aromatic rings. The van der Waals surface area contributed by atoms with E-state index in [1.165, 1.54) is 56.3 Å². The van der Waals surface area contributed by atoms with E-state index in [0.717, 1.165) is 0 Å². The van der Waals surface area contributed by atoms with Crippen LogP contribution < -0.4 is 20.1 Å². The van der Waals surface area contributed by atoms with Gasteiger partial charge in [0, 0.05) is 10.0 Å². The maximum Gasteiger partial charge on any atom is 0.335 e. The van der Waals surface area contributed by atoms with Crippen LogP contribution >= 0.6 is 46.4 Å². The lowest BCUT2D eigenvalue weighted by Gasteiger charge is -2.19. The molecule has 0 aliphatic heterocycles. The minimum Gasteiger partial charge on any atom is -0.479 e. The summed E-state index contributed by atoms with van der Waals surface area (Å²) >= 11 is 24.0. The van der Waals surface area contributed by atoms with Gasteiger partial charge in [-0.1, -0.05) is 46.4 Å². The average Bonchev–Trinajstić information content (AvgIpc) is 2.83. The number of aromatic carboxylic acids is 1. The fourth-order valence-electron chi connectivity index (χ4n) is 2.99. The number of ether oxygens (including phenoxy) is 2. The molecule has 0 aromatic heterocycles. The number of anilines is 2. The Bertz CT molecular complexity index is 1350. The summed E-state index contributed by atoms with van der Waals surface area (Å²) in [4.78, 5) is 37.1. The van der Waals surface area contributed by atoms with Crippen molar-refractivity contribution in [3.63, 3.8) is 0 Å². The van der Waals surface area contributed by atoms with Crippen LogP contribution in [0.1, 0.15) is 24.2 Å². The maximum absolute atomic E-state index is 12.8. The first-order valence-corrected chi connectivity index (χ1v) is 12.2. The van der Waals surface area contributed by atoms with Crippen LogP contribution in [0.15, 0.2) is 54.6 Å². The quantitative estimate of drug-likeness (QED) is 0.254. The molecule has 2 atom stereocenters. The first-order valence-electron chi connectivity index (χ1n) is 10.7. The summed E-state index contributed by atoms with van der Waals surface area (Å²) in [6, 6.07) is 12.9. The summed E-state index contributed by atoms with van der Waals surface area (Å²) in [7, 11) is 0. The molecule has 0 aliphatic rings. The van der Waals surface area contributed by atoms with Gasteiger partial charge in [-0.3, -0.25) is 9.59 Å². The van der Waals surface area contributed by atoms with Crippen LogP contribution in [-0.4, -0.2) is 35.1 Å². The smallest absolute Gasteiger partial charge is 0.335 e. The van der Waals surface area contributed by atoms with Crippen molar-refractivity contribution >= 4 is 75.6 Å². The van der Waals surface area contributed by atoms with Gasteiger partial charge in [0.25, 0.3) is 11.8 Å². The molecule has 0 saturated heterocycles. The molecule has 3 aromatic carbocycles. The molecule has 0 spiro atoms. The molecule has 0 unspecified atom stereocenters. The third-order valence-corrected chi connectivity index (χ3v) is 5.98. The second-order valence-corrected chi connectivity index (χ2v) is 9.40. The molecule has 12 heteroatoms. The third kappa shape index (κ3) is 7.66. The van der Waals surface area contributed by atoms with E-state index < -0.39 is 30.0 Å². The number of carboxylic acids is 1. The van der Waals surface area contributed by atoms with E-state index in [-0.39, 0.29) is 38.5 Å². The predicted molar refractivity (Wildman–Crippen MR) is 144 cm³/mol. The lowest BCUT2D eigenvalue weighted by molar-refractivity contribution is -0.122. The molecule has 0 aliphatic carbocycles. The highest BCUT2D eigenvalue weighted by atomic mass is 35.5. The minimum atomic E-state index is -1.22. The minimum absolute atomic E-state index is 0.0348. The number of rotatable bonds is 9. The highest BCUT2D eigenvalue weighted by Gasteiger charge is 2.22. The second kappa shape index (κ2) is 12.4. The van der Waals surface area contributed by atoms with Crippen molar-refractivity contribution in [3.8, 4) is 11.5 Å². The molecule has 0 heterocycles. The van der Waals surface area contributed by atoms with E-state index in [1.54, 1.807) is 12.1 Å². The number of carbonyl (C=O) groups excluding carboxylic acids is 2. The van der Waals surface area contributed by atoms with E-state index in [1.807, 2.05) is 0 Å². The standard InChI is InChI=1S/C25H20Cl4N2O6/c1-12(36-21-7-4-15(26)10-17(21)28)23(32)30-19-6-3-14(25(34)35)9-20(19)31-24(33)13(2)37-22-8-5-16(27)11-18(22)29/h3-13H,1-2H3,(H,30,32)(H,31,33)(H,34,35)/t12-,13-/m0/s1. The zero-order chi connectivity index (χ0) is 27.3. The lowest BCUT2D eigenvalue weighted by Crippen LogP contribution is -2.32. The van der Waals surface area contributed by atoms with Crippen molar-refractivity contribution in [2.75, 3.05) is 10.6 Å². The van der Waals surface area contributed by atoms with Crippen molar-refractivity contribution in [1.29, 1.82) is 0 Å². The molecule has 0 fully saturated rings. The molecule has 3 N–H and O–H groups in total. The number of nitrogens with one attached hydrogen (secondary N) is 2. The number of hydrogen-bond acceptors (Lipinski definition) is 5. The SMILES string of the molecule is C[C@H](Oc1ccc(Cl)cc1Cl)C(=O)Nc1ccc(C(=O)O)cc1NC(=O)[C@H](C)Oc1ccc(Cl)cc1Cl. The Hall–Kier alpha value is -3.17. The summed E-state index contributed by atoms with van der Waals surface area (Å²) in [6.45, 7) is 2.97. The van der Waals surface area contributed by atoms with Crippen LogP contribution in [0.4, 0.5) is 11.4 Å². The van der Waals surface area contributed by atoms with E-state index >= 15 is 0 Å². The molecular weight excluding hydrogens is 566 g/mol. The van der Waals surface area contributed by atoms with E-state index in [9.17, 15) is 19.5 Å². The van der Waals surface area contributed by atoms with Crippen molar-refractivity contribution < 1.29 is 29.0 Å². The number of benzene rings is 3. The van der Waals surface area contributed by atoms with Crippen LogP contribution in [0, 0.1) is 0 Å². The molecule has 0 saturated carbocycles. The number of amides is 2. The molecule has 194 valence electrons. The van der Waals surface area contributed by atoms with Crippen molar-refractivity contribution in [3.05, 3.63) is 80.3 Å². The number of halogens is 4. The number of carbonyl (C=O) groups is 3. The Morgan fingerprint density at radius 3 is 1.59 bits per heavy atom. The summed E-state index contributed by atoms with van der Waals surface area (Å²) < 4.78 is 11.2. The van der Waals surface area contributed by atoms with E-state index in [0.29, 0.717) is 10.0 Å². The fourth-order valence-corrected chi connectivity index (χ4v) is 3.89. The second-order valence-electron chi connectivity index (χ2n) is 7.71. The Labute approximate surface area is 232 Å². The topological polar surface area (TPSA) is 114 Å². The molecule has 0 radical (unpaired) electrons. The highest BCUT2D eigenvalue weighted by molar-refractivity contribution is 6.36. The molecule has 0 bridgehead atoms. The van der Waals surface area contributed by atoms with Gasteiger partial charge in [0.05, 0.1) is 27.0 Å². The third-order valence-electron chi connectivity index (χ3n) is 4.92. The molecule has 8 nitrogen and oxygen atoms in total. The number of hydrogen-bond donors (Lipinski definition) is 3. The summed E-state index contributed by atoms with van der Waals surface area (Å²) in [5.74, 6) is -1.95. The van der Waals surface area contributed by atoms with Crippen LogP contribution in [0.5, 0.6) is 11.5 Å². The van der Waals surface area contributed by atoms with Gasteiger partial charge in [-0.05, 0) is 68.4 Å². The zero-order valence-electron chi connectivity index (χ0n) is 19.4. The van der Waals surface area contributed by atoms with Crippen LogP contribution in [-0.2, 0) is 9.59 Å². The summed E-state index contributed by atoms with van der Waals surface area (Å²) in [5, 5.41) is 15.8. The number of carboxylic acid groups (broad SMARTS) is 1. The monoisotopic (exact) mass is 584 g/mol. The van der Waals surface area contributed by atoms with Crippen LogP contribution in [0.25, 0.3) is 0 Å². The normalized spacial score (nSPS) is 12.3. The van der Waals surface area contributed by atoms with Gasteiger partial charge in [-0.2, -0.15) is 0 Å². The molecule has 2 amide bonds. The Balaban J connectivity index is 1.76. The van der Waals surface area contributed by atoms with Crippen LogP contribution in [0.3, 0.4) is 0 Å². The highest BCUT2D eigenvalue weighted by Crippen LogP contribution is 2.30. The fraction of sp³-hybridized carbons (Fsp3) is 0.160. The largest absolute Gasteiger partial charge is 0.479 e. The Morgan fingerprint density at radius 2 is 1.16 bits per heavy atom. The first kappa shape index (κ1) is 28.4. The molecular formula is C25H20Cl4N2O6. The average molecular weight is 586 g/mol. The van der Waals surface area contributed by atoms with Gasteiger partial charge in [0.2, 0.25) is 0 Å².